The van der Waals surface area contributed by atoms with E-state index in [4.69, 9.17) is 5.11 Å². The normalized spacial score (nSPS) is 11.2. The van der Waals surface area contributed by atoms with Crippen LogP contribution in [-0.2, 0) is 14.6 Å². The first kappa shape index (κ1) is 16.1. The molecule has 20 heavy (non-hydrogen) atoms. The first-order valence-corrected chi connectivity index (χ1v) is 7.33. The number of carbonyl (C=O) groups excluding carboxylic acids is 1. The van der Waals surface area contributed by atoms with E-state index in [1.165, 1.54) is 11.9 Å². The van der Waals surface area contributed by atoms with Crippen molar-refractivity contribution in [3.05, 3.63) is 29.6 Å². The highest BCUT2D eigenvalue weighted by Crippen LogP contribution is 2.18. The van der Waals surface area contributed by atoms with Gasteiger partial charge in [0.15, 0.2) is 9.84 Å². The van der Waals surface area contributed by atoms with E-state index >= 15 is 0 Å². The number of carbonyl (C=O) groups is 2. The van der Waals surface area contributed by atoms with Crippen molar-refractivity contribution in [1.29, 1.82) is 0 Å². The van der Waals surface area contributed by atoms with Gasteiger partial charge in [0.05, 0.1) is 5.56 Å². The van der Waals surface area contributed by atoms with Crippen LogP contribution in [0.15, 0.2) is 23.1 Å². The van der Waals surface area contributed by atoms with E-state index in [0.29, 0.717) is 12.6 Å². The van der Waals surface area contributed by atoms with E-state index in [1.807, 2.05) is 0 Å². The second kappa shape index (κ2) is 6.00. The molecule has 8 heteroatoms. The van der Waals surface area contributed by atoms with Crippen LogP contribution >= 0.6 is 0 Å². The zero-order chi connectivity index (χ0) is 15.5. The summed E-state index contributed by atoms with van der Waals surface area (Å²) in [6.45, 7) is 1.97. The molecule has 1 aromatic rings. The van der Waals surface area contributed by atoms with Gasteiger partial charge in [-0.15, -0.1) is 0 Å². The summed E-state index contributed by atoms with van der Waals surface area (Å²) in [7, 11) is -2.81. The summed E-state index contributed by atoms with van der Waals surface area (Å²) in [5, 5.41) is 8.78. The fraction of sp³-hybridized carbons (Fsp3) is 0.333. The summed E-state index contributed by atoms with van der Waals surface area (Å²) in [5.41, 5.74) is -0.360. The Kier molecular flexibility index (Phi) is 4.83. The van der Waals surface area contributed by atoms with Gasteiger partial charge in [-0.05, 0) is 25.1 Å². The Labute approximate surface area is 115 Å². The maximum absolute atomic E-state index is 13.6. The molecule has 0 unspecified atom stereocenters. The van der Waals surface area contributed by atoms with Crippen LogP contribution in [0.2, 0.25) is 0 Å². The molecule has 110 valence electrons. The lowest BCUT2D eigenvalue weighted by atomic mass is 10.2. The van der Waals surface area contributed by atoms with Crippen molar-refractivity contribution < 1.29 is 27.5 Å². The number of nitrogens with zero attached hydrogens (tertiary/aromatic N) is 1. The largest absolute Gasteiger partial charge is 0.478 e. The monoisotopic (exact) mass is 303 g/mol. The van der Waals surface area contributed by atoms with Crippen LogP contribution in [0, 0.1) is 5.82 Å². The van der Waals surface area contributed by atoms with Crippen LogP contribution < -0.4 is 0 Å². The van der Waals surface area contributed by atoms with Gasteiger partial charge in [0.25, 0.3) is 0 Å². The highest BCUT2D eigenvalue weighted by atomic mass is 32.2. The number of benzene rings is 1. The predicted molar refractivity (Wildman–Crippen MR) is 68.7 cm³/mol. The topological polar surface area (TPSA) is 91.8 Å². The van der Waals surface area contributed by atoms with Crippen LogP contribution in [-0.4, -0.2) is 49.6 Å². The molecule has 0 aliphatic heterocycles. The average Bonchev–Trinajstić information content (AvgIpc) is 2.37. The molecule has 0 aliphatic rings. The SMILES string of the molecule is CCN(C)C(=O)CS(=O)(=O)c1cc(C(=O)O)ccc1F. The van der Waals surface area contributed by atoms with E-state index in [2.05, 4.69) is 0 Å². The second-order valence-corrected chi connectivity index (χ2v) is 6.08. The quantitative estimate of drug-likeness (QED) is 0.867. The maximum atomic E-state index is 13.6. The summed E-state index contributed by atoms with van der Waals surface area (Å²) < 4.78 is 37.5. The maximum Gasteiger partial charge on any atom is 0.335 e. The van der Waals surface area contributed by atoms with Gasteiger partial charge in [0, 0.05) is 13.6 Å². The minimum Gasteiger partial charge on any atom is -0.478 e. The molecule has 0 atom stereocenters. The molecule has 0 aromatic heterocycles. The van der Waals surface area contributed by atoms with E-state index in [1.54, 1.807) is 6.92 Å². The van der Waals surface area contributed by atoms with E-state index < -0.39 is 38.2 Å². The third kappa shape index (κ3) is 3.53. The van der Waals surface area contributed by atoms with Gasteiger partial charge >= 0.3 is 5.97 Å². The molecule has 6 nitrogen and oxygen atoms in total. The Morgan fingerprint density at radius 3 is 2.45 bits per heavy atom. The molecule has 0 saturated carbocycles. The third-order valence-corrected chi connectivity index (χ3v) is 4.34. The van der Waals surface area contributed by atoms with Gasteiger partial charge in [0.1, 0.15) is 16.5 Å². The van der Waals surface area contributed by atoms with Gasteiger partial charge in [-0.25, -0.2) is 17.6 Å². The van der Waals surface area contributed by atoms with Crippen molar-refractivity contribution >= 4 is 21.7 Å². The Morgan fingerprint density at radius 1 is 1.35 bits per heavy atom. The summed E-state index contributed by atoms with van der Waals surface area (Å²) in [6.07, 6.45) is 0. The Bertz CT molecular complexity index is 641. The molecule has 0 radical (unpaired) electrons. The van der Waals surface area contributed by atoms with Crippen LogP contribution in [0.1, 0.15) is 17.3 Å². The number of rotatable bonds is 5. The first-order valence-electron chi connectivity index (χ1n) is 5.68. The highest BCUT2D eigenvalue weighted by molar-refractivity contribution is 7.92. The van der Waals surface area contributed by atoms with Crippen LogP contribution in [0.25, 0.3) is 0 Å². The molecule has 0 spiro atoms. The molecule has 1 aromatic carbocycles. The lowest BCUT2D eigenvalue weighted by Gasteiger charge is -2.14. The van der Waals surface area contributed by atoms with E-state index in [0.717, 1.165) is 12.1 Å². The third-order valence-electron chi connectivity index (χ3n) is 2.73. The standard InChI is InChI=1S/C12H14FNO5S/c1-3-14(2)11(15)7-20(18,19)10-6-8(12(16)17)4-5-9(10)13/h4-6H,3,7H2,1-2H3,(H,16,17). The number of amides is 1. The highest BCUT2D eigenvalue weighted by Gasteiger charge is 2.25. The molecule has 0 aliphatic carbocycles. The minimum absolute atomic E-state index is 0.312. The molecule has 0 bridgehead atoms. The lowest BCUT2D eigenvalue weighted by molar-refractivity contribution is -0.126. The zero-order valence-electron chi connectivity index (χ0n) is 11.0. The lowest BCUT2D eigenvalue weighted by Crippen LogP contribution is -2.32. The van der Waals surface area contributed by atoms with Gasteiger partial charge < -0.3 is 10.0 Å². The number of carboxylic acid groups (broad SMARTS) is 1. The molecule has 1 N–H and O–H groups in total. The number of hydrogen-bond donors (Lipinski definition) is 1. The van der Waals surface area contributed by atoms with Crippen molar-refractivity contribution in [3.63, 3.8) is 0 Å². The minimum atomic E-state index is -4.23. The second-order valence-electron chi connectivity index (χ2n) is 4.12. The summed E-state index contributed by atoms with van der Waals surface area (Å²) in [4.78, 5) is 22.8. The van der Waals surface area contributed by atoms with E-state index in [-0.39, 0.29) is 5.56 Å². The van der Waals surface area contributed by atoms with Gasteiger partial charge in [-0.2, -0.15) is 0 Å². The molecule has 1 amide bonds. The molecule has 0 heterocycles. The van der Waals surface area contributed by atoms with Crippen molar-refractivity contribution in [2.45, 2.75) is 11.8 Å². The molecular formula is C12H14FNO5S. The zero-order valence-corrected chi connectivity index (χ0v) is 11.8. The smallest absolute Gasteiger partial charge is 0.335 e. The van der Waals surface area contributed by atoms with E-state index in [9.17, 15) is 22.4 Å². The number of carboxylic acids is 1. The number of halogens is 1. The summed E-state index contributed by atoms with van der Waals surface area (Å²) in [5.74, 6) is -4.05. The average molecular weight is 303 g/mol. The Hall–Kier alpha value is -1.96. The molecular weight excluding hydrogens is 289 g/mol. The van der Waals surface area contributed by atoms with Crippen LogP contribution in [0.4, 0.5) is 4.39 Å². The molecule has 0 fully saturated rings. The predicted octanol–water partition coefficient (Wildman–Crippen LogP) is 0.776. The van der Waals surface area contributed by atoms with Crippen LogP contribution in [0.3, 0.4) is 0 Å². The van der Waals surface area contributed by atoms with Crippen LogP contribution in [0.5, 0.6) is 0 Å². The van der Waals surface area contributed by atoms with Crippen molar-refractivity contribution in [1.82, 2.24) is 4.90 Å². The molecule has 0 saturated heterocycles. The Balaban J connectivity index is 3.19. The summed E-state index contributed by atoms with van der Waals surface area (Å²) in [6, 6.07) is 2.42. The Morgan fingerprint density at radius 2 is 1.95 bits per heavy atom. The fourth-order valence-corrected chi connectivity index (χ4v) is 2.77. The number of hydrogen-bond acceptors (Lipinski definition) is 4. The molecule has 1 rings (SSSR count). The number of aromatic carboxylic acids is 1. The van der Waals surface area contributed by atoms with Crippen molar-refractivity contribution in [2.24, 2.45) is 0 Å². The first-order chi connectivity index (χ1) is 9.19. The van der Waals surface area contributed by atoms with Crippen molar-refractivity contribution in [2.75, 3.05) is 19.3 Å². The van der Waals surface area contributed by atoms with Crippen molar-refractivity contribution in [3.8, 4) is 0 Å². The van der Waals surface area contributed by atoms with Gasteiger partial charge in [-0.3, -0.25) is 4.79 Å². The fourth-order valence-electron chi connectivity index (χ4n) is 1.40. The van der Waals surface area contributed by atoms with Gasteiger partial charge in [0.2, 0.25) is 5.91 Å². The van der Waals surface area contributed by atoms with Gasteiger partial charge in [-0.1, -0.05) is 0 Å². The number of sulfone groups is 1. The summed E-state index contributed by atoms with van der Waals surface area (Å²) >= 11 is 0.